The largest absolute Gasteiger partial charge is 0.356 e. The number of nitrogens with one attached hydrogen (secondary N) is 3. The van der Waals surface area contributed by atoms with Crippen molar-refractivity contribution < 1.29 is 4.79 Å². The maximum Gasteiger partial charge on any atom is 0.227 e. The van der Waals surface area contributed by atoms with Crippen LogP contribution in [0.4, 0.5) is 5.82 Å². The molecule has 1 fully saturated rings. The number of halogens is 1. The molecular weight excluding hydrogens is 465 g/mol. The lowest BCUT2D eigenvalue weighted by atomic mass is 9.96. The molecule has 1 aromatic carbocycles. The molecule has 0 aliphatic heterocycles. The minimum Gasteiger partial charge on any atom is -0.356 e. The SMILES string of the molecule is CN=C(NCCC(=O)Nc1cccc(C)n1)NCC1(c2ccccc2)CC1.I. The summed E-state index contributed by atoms with van der Waals surface area (Å²) in [5.74, 6) is 1.23. The van der Waals surface area contributed by atoms with Crippen molar-refractivity contribution in [2.24, 2.45) is 4.99 Å². The van der Waals surface area contributed by atoms with Crippen LogP contribution in [0.5, 0.6) is 0 Å². The topological polar surface area (TPSA) is 78.4 Å². The molecule has 2 aromatic rings. The summed E-state index contributed by atoms with van der Waals surface area (Å²) >= 11 is 0. The highest BCUT2D eigenvalue weighted by Crippen LogP contribution is 2.47. The van der Waals surface area contributed by atoms with Gasteiger partial charge in [-0.05, 0) is 37.5 Å². The molecule has 0 saturated heterocycles. The molecule has 6 nitrogen and oxygen atoms in total. The van der Waals surface area contributed by atoms with Crippen LogP contribution in [0.3, 0.4) is 0 Å². The summed E-state index contributed by atoms with van der Waals surface area (Å²) in [6, 6.07) is 16.2. The van der Waals surface area contributed by atoms with Crippen molar-refractivity contribution in [1.82, 2.24) is 15.6 Å². The summed E-state index contributed by atoms with van der Waals surface area (Å²) in [6.07, 6.45) is 2.72. The normalized spacial score (nSPS) is 14.6. The first-order chi connectivity index (χ1) is 13.1. The van der Waals surface area contributed by atoms with E-state index in [1.807, 2.05) is 25.1 Å². The number of guanidine groups is 1. The van der Waals surface area contributed by atoms with Crippen molar-refractivity contribution >= 4 is 41.7 Å². The van der Waals surface area contributed by atoms with E-state index in [0.717, 1.165) is 18.2 Å². The number of aromatic nitrogens is 1. The second-order valence-corrected chi connectivity index (χ2v) is 6.96. The maximum absolute atomic E-state index is 12.1. The van der Waals surface area contributed by atoms with E-state index in [0.29, 0.717) is 18.8 Å². The summed E-state index contributed by atoms with van der Waals surface area (Å²) in [5, 5.41) is 9.42. The predicted octanol–water partition coefficient (Wildman–Crippen LogP) is 3.23. The molecule has 28 heavy (non-hydrogen) atoms. The van der Waals surface area contributed by atoms with Gasteiger partial charge in [0.15, 0.2) is 5.96 Å². The molecule has 7 heteroatoms. The van der Waals surface area contributed by atoms with Crippen LogP contribution in [0.15, 0.2) is 53.5 Å². The number of aryl methyl sites for hydroxylation is 1. The highest BCUT2D eigenvalue weighted by Gasteiger charge is 2.43. The van der Waals surface area contributed by atoms with Gasteiger partial charge >= 0.3 is 0 Å². The number of aliphatic imine (C=N–C) groups is 1. The third kappa shape index (κ3) is 6.19. The van der Waals surface area contributed by atoms with Gasteiger partial charge in [0, 0.05) is 37.7 Å². The van der Waals surface area contributed by atoms with E-state index >= 15 is 0 Å². The molecule has 0 spiro atoms. The van der Waals surface area contributed by atoms with Crippen LogP contribution >= 0.6 is 24.0 Å². The summed E-state index contributed by atoms with van der Waals surface area (Å²) in [4.78, 5) is 20.6. The summed E-state index contributed by atoms with van der Waals surface area (Å²) < 4.78 is 0. The molecule has 1 aliphatic carbocycles. The minimum atomic E-state index is -0.0704. The molecular formula is C21H28IN5O. The van der Waals surface area contributed by atoms with E-state index in [9.17, 15) is 4.79 Å². The molecule has 0 radical (unpaired) electrons. The highest BCUT2D eigenvalue weighted by atomic mass is 127. The molecule has 0 bridgehead atoms. The molecule has 1 amide bonds. The molecule has 1 saturated carbocycles. The van der Waals surface area contributed by atoms with Crippen molar-refractivity contribution in [2.75, 3.05) is 25.5 Å². The first-order valence-corrected chi connectivity index (χ1v) is 9.35. The summed E-state index contributed by atoms with van der Waals surface area (Å²) in [5.41, 5.74) is 2.47. The van der Waals surface area contributed by atoms with Gasteiger partial charge in [-0.25, -0.2) is 4.98 Å². The fraction of sp³-hybridized carbons (Fsp3) is 0.381. The minimum absolute atomic E-state index is 0. The Morgan fingerprint density at radius 1 is 1.11 bits per heavy atom. The van der Waals surface area contributed by atoms with Gasteiger partial charge in [0.25, 0.3) is 0 Å². The highest BCUT2D eigenvalue weighted by molar-refractivity contribution is 14.0. The number of rotatable bonds is 7. The second kappa shape index (κ2) is 10.4. The van der Waals surface area contributed by atoms with Crippen LogP contribution in [0.2, 0.25) is 0 Å². The number of benzene rings is 1. The lowest BCUT2D eigenvalue weighted by molar-refractivity contribution is -0.116. The first-order valence-electron chi connectivity index (χ1n) is 9.35. The Labute approximate surface area is 183 Å². The number of nitrogens with zero attached hydrogens (tertiary/aromatic N) is 2. The number of hydrogen-bond acceptors (Lipinski definition) is 3. The monoisotopic (exact) mass is 493 g/mol. The standard InChI is InChI=1S/C21H27N5O.HI/c1-16-7-6-10-18(25-16)26-19(27)11-14-23-20(22-2)24-15-21(12-13-21)17-8-4-3-5-9-17;/h3-10H,11-15H2,1-2H3,(H2,22,23,24)(H,25,26,27);1H. The van der Waals surface area contributed by atoms with Crippen LogP contribution in [0, 0.1) is 6.92 Å². The molecule has 0 unspecified atom stereocenters. The van der Waals surface area contributed by atoms with Gasteiger partial charge < -0.3 is 16.0 Å². The van der Waals surface area contributed by atoms with Gasteiger partial charge in [-0.1, -0.05) is 36.4 Å². The van der Waals surface area contributed by atoms with Crippen LogP contribution < -0.4 is 16.0 Å². The van der Waals surface area contributed by atoms with E-state index in [1.54, 1.807) is 13.1 Å². The molecule has 0 atom stereocenters. The van der Waals surface area contributed by atoms with Crippen LogP contribution in [0.1, 0.15) is 30.5 Å². The van der Waals surface area contributed by atoms with Gasteiger partial charge in [-0.3, -0.25) is 9.79 Å². The van der Waals surface area contributed by atoms with Crippen LogP contribution in [-0.2, 0) is 10.2 Å². The Hall–Kier alpha value is -2.16. The van der Waals surface area contributed by atoms with Gasteiger partial charge in [-0.15, -0.1) is 24.0 Å². The number of pyridine rings is 1. The number of amides is 1. The zero-order valence-corrected chi connectivity index (χ0v) is 18.7. The van der Waals surface area contributed by atoms with Gasteiger partial charge in [-0.2, -0.15) is 0 Å². The number of anilines is 1. The Kier molecular flexibility index (Phi) is 8.22. The third-order valence-corrected chi connectivity index (χ3v) is 4.86. The molecule has 3 N–H and O–H groups in total. The average Bonchev–Trinajstić information content (AvgIpc) is 3.46. The fourth-order valence-corrected chi connectivity index (χ4v) is 3.10. The smallest absolute Gasteiger partial charge is 0.227 e. The zero-order valence-electron chi connectivity index (χ0n) is 16.4. The molecule has 1 heterocycles. The van der Waals surface area contributed by atoms with Crippen molar-refractivity contribution in [1.29, 1.82) is 0 Å². The van der Waals surface area contributed by atoms with Gasteiger partial charge in [0.1, 0.15) is 5.82 Å². The molecule has 150 valence electrons. The second-order valence-electron chi connectivity index (χ2n) is 6.96. The Bertz CT molecular complexity index is 805. The number of carbonyl (C=O) groups is 1. The average molecular weight is 493 g/mol. The predicted molar refractivity (Wildman–Crippen MR) is 124 cm³/mol. The maximum atomic E-state index is 12.1. The zero-order chi connectivity index (χ0) is 19.1. The van der Waals surface area contributed by atoms with Crippen molar-refractivity contribution in [3.8, 4) is 0 Å². The third-order valence-electron chi connectivity index (χ3n) is 4.86. The first kappa shape index (κ1) is 22.1. The molecule has 1 aromatic heterocycles. The van der Waals surface area contributed by atoms with Gasteiger partial charge in [0.2, 0.25) is 5.91 Å². The molecule has 1 aliphatic rings. The van der Waals surface area contributed by atoms with E-state index in [-0.39, 0.29) is 35.3 Å². The van der Waals surface area contributed by atoms with E-state index in [2.05, 4.69) is 50.2 Å². The Morgan fingerprint density at radius 2 is 1.86 bits per heavy atom. The van der Waals surface area contributed by atoms with Crippen LogP contribution in [0.25, 0.3) is 0 Å². The fourth-order valence-electron chi connectivity index (χ4n) is 3.10. The van der Waals surface area contributed by atoms with Crippen molar-refractivity contribution in [3.05, 3.63) is 59.8 Å². The number of hydrogen-bond donors (Lipinski definition) is 3. The number of carbonyl (C=O) groups excluding carboxylic acids is 1. The van der Waals surface area contributed by atoms with E-state index in [4.69, 9.17) is 0 Å². The van der Waals surface area contributed by atoms with Crippen molar-refractivity contribution in [2.45, 2.75) is 31.6 Å². The van der Waals surface area contributed by atoms with Crippen molar-refractivity contribution in [3.63, 3.8) is 0 Å². The summed E-state index contributed by atoms with van der Waals surface area (Å²) in [6.45, 7) is 3.25. The Balaban J connectivity index is 0.00000280. The van der Waals surface area contributed by atoms with E-state index in [1.165, 1.54) is 18.4 Å². The lowest BCUT2D eigenvalue weighted by Crippen LogP contribution is -2.42. The van der Waals surface area contributed by atoms with Crippen LogP contribution in [-0.4, -0.2) is 37.0 Å². The lowest BCUT2D eigenvalue weighted by Gasteiger charge is -2.19. The summed E-state index contributed by atoms with van der Waals surface area (Å²) in [7, 11) is 1.74. The quantitative estimate of drug-likeness (QED) is 0.315. The Morgan fingerprint density at radius 3 is 2.50 bits per heavy atom. The molecule has 3 rings (SSSR count). The van der Waals surface area contributed by atoms with E-state index < -0.39 is 0 Å². The van der Waals surface area contributed by atoms with Gasteiger partial charge in [0.05, 0.1) is 0 Å².